The van der Waals surface area contributed by atoms with Gasteiger partial charge >= 0.3 is 0 Å². The average Bonchev–Trinajstić information content (AvgIpc) is 3.17. The van der Waals surface area contributed by atoms with Gasteiger partial charge in [-0.3, -0.25) is 9.78 Å². The van der Waals surface area contributed by atoms with E-state index >= 15 is 0 Å². The van der Waals surface area contributed by atoms with Gasteiger partial charge in [-0.2, -0.15) is 4.36 Å². The normalized spacial score (nSPS) is 11.6. The molecule has 1 aromatic carbocycles. The quantitative estimate of drug-likeness (QED) is 0.528. The number of pyridine rings is 2. The van der Waals surface area contributed by atoms with Gasteiger partial charge < -0.3 is 14.3 Å². The highest BCUT2D eigenvalue weighted by Gasteiger charge is 2.16. The van der Waals surface area contributed by atoms with E-state index in [-0.39, 0.29) is 5.56 Å². The molecule has 4 rings (SSSR count). The fourth-order valence-corrected chi connectivity index (χ4v) is 3.93. The summed E-state index contributed by atoms with van der Waals surface area (Å²) in [4.78, 5) is 19.8. The van der Waals surface area contributed by atoms with Gasteiger partial charge in [-0.1, -0.05) is 0 Å². The van der Waals surface area contributed by atoms with Crippen molar-refractivity contribution >= 4 is 26.3 Å². The molecule has 0 spiro atoms. The Labute approximate surface area is 174 Å². The minimum atomic E-state index is -2.34. The summed E-state index contributed by atoms with van der Waals surface area (Å²) >= 11 is 0. The zero-order valence-corrected chi connectivity index (χ0v) is 18.0. The van der Waals surface area contributed by atoms with Crippen LogP contribution in [0.15, 0.2) is 64.1 Å². The topological polar surface area (TPSA) is 89.3 Å². The van der Waals surface area contributed by atoms with Gasteiger partial charge in [-0.05, 0) is 43.3 Å². The van der Waals surface area contributed by atoms with E-state index in [1.165, 1.54) is 4.57 Å². The summed E-state index contributed by atoms with van der Waals surface area (Å²) in [6, 6.07) is 10.9. The third-order valence-electron chi connectivity index (χ3n) is 4.65. The third kappa shape index (κ3) is 3.86. The van der Waals surface area contributed by atoms with E-state index in [0.717, 1.165) is 22.2 Å². The highest BCUT2D eigenvalue weighted by Crippen LogP contribution is 2.39. The van der Waals surface area contributed by atoms with Gasteiger partial charge in [0.2, 0.25) is 0 Å². The van der Waals surface area contributed by atoms with E-state index in [4.69, 9.17) is 4.74 Å². The lowest BCUT2D eigenvalue weighted by molar-refractivity contribution is 0.477. The largest absolute Gasteiger partial charge is 0.455 e. The van der Waals surface area contributed by atoms with Crippen molar-refractivity contribution in [1.29, 1.82) is 0 Å². The van der Waals surface area contributed by atoms with Crippen molar-refractivity contribution in [1.82, 2.24) is 14.5 Å². The fraction of sp³-hybridized carbons (Fsp3) is 0.182. The second kappa shape index (κ2) is 7.46. The van der Waals surface area contributed by atoms with Crippen LogP contribution in [0.25, 0.3) is 22.0 Å². The van der Waals surface area contributed by atoms with Gasteiger partial charge in [-0.25, -0.2) is 4.21 Å². The van der Waals surface area contributed by atoms with Gasteiger partial charge in [0.25, 0.3) is 5.56 Å². The van der Waals surface area contributed by atoms with Crippen LogP contribution in [0.4, 0.5) is 5.69 Å². The maximum Gasteiger partial charge on any atom is 0.274 e. The number of rotatable bonds is 4. The SMILES string of the molecule is Cc1ncccc1Oc1ccc(N=S(C)(C)=O)cc1-c1cn(C)c(=O)c2[nH]ccc12. The second-order valence-corrected chi connectivity index (χ2v) is 9.91. The minimum absolute atomic E-state index is 0.115. The van der Waals surface area contributed by atoms with Crippen molar-refractivity contribution < 1.29 is 8.95 Å². The third-order valence-corrected chi connectivity index (χ3v) is 5.30. The highest BCUT2D eigenvalue weighted by molar-refractivity contribution is 7.92. The number of ether oxygens (including phenoxy) is 1. The number of fused-ring (bicyclic) bond motifs is 1. The van der Waals surface area contributed by atoms with E-state index in [1.54, 1.807) is 50.3 Å². The van der Waals surface area contributed by atoms with Crippen molar-refractivity contribution in [2.24, 2.45) is 11.4 Å². The molecule has 30 heavy (non-hydrogen) atoms. The maximum absolute atomic E-state index is 12.5. The molecule has 8 heteroatoms. The summed E-state index contributed by atoms with van der Waals surface area (Å²) in [5, 5.41) is 0.775. The zero-order valence-electron chi connectivity index (χ0n) is 17.2. The van der Waals surface area contributed by atoms with Crippen molar-refractivity contribution in [2.45, 2.75) is 6.92 Å². The summed E-state index contributed by atoms with van der Waals surface area (Å²) in [5.41, 5.74) is 3.28. The lowest BCUT2D eigenvalue weighted by Crippen LogP contribution is -2.16. The molecule has 0 amide bonds. The smallest absolute Gasteiger partial charge is 0.274 e. The Morgan fingerprint density at radius 1 is 1.13 bits per heavy atom. The number of aryl methyl sites for hydroxylation is 2. The van der Waals surface area contributed by atoms with E-state index < -0.39 is 9.73 Å². The molecule has 154 valence electrons. The summed E-state index contributed by atoms with van der Waals surface area (Å²) in [6.45, 7) is 1.87. The first kappa shape index (κ1) is 19.9. The van der Waals surface area contributed by atoms with E-state index in [2.05, 4.69) is 14.3 Å². The Balaban J connectivity index is 1.99. The van der Waals surface area contributed by atoms with E-state index in [9.17, 15) is 9.00 Å². The Hall–Kier alpha value is -3.39. The lowest BCUT2D eigenvalue weighted by Gasteiger charge is -2.15. The molecule has 4 aromatic rings. The molecule has 0 saturated carbocycles. The first-order valence-corrected chi connectivity index (χ1v) is 11.6. The Morgan fingerprint density at radius 3 is 2.67 bits per heavy atom. The number of aromatic nitrogens is 3. The van der Waals surface area contributed by atoms with E-state index in [0.29, 0.717) is 22.7 Å². The molecular weight excluding hydrogens is 400 g/mol. The van der Waals surface area contributed by atoms with E-state index in [1.807, 2.05) is 31.2 Å². The Bertz CT molecular complexity index is 1430. The molecule has 0 atom stereocenters. The van der Waals surface area contributed by atoms with Crippen LogP contribution in [0.3, 0.4) is 0 Å². The predicted octanol–water partition coefficient (Wildman–Crippen LogP) is 4.39. The standard InChI is InChI=1S/C22H22N4O3S/c1-14-19(6-5-10-23-14)29-20-8-7-15(25-30(3,4)28)12-17(20)18-13-26(2)22(27)21-16(18)9-11-24-21/h5-13,24H,1-4H3. The Morgan fingerprint density at radius 2 is 1.93 bits per heavy atom. The molecule has 0 aliphatic heterocycles. The molecule has 3 heterocycles. The highest BCUT2D eigenvalue weighted by atomic mass is 32.2. The first-order chi connectivity index (χ1) is 14.2. The zero-order chi connectivity index (χ0) is 21.5. The van der Waals surface area contributed by atoms with Crippen LogP contribution < -0.4 is 10.3 Å². The van der Waals surface area contributed by atoms with Gasteiger partial charge in [-0.15, -0.1) is 0 Å². The predicted molar refractivity (Wildman–Crippen MR) is 120 cm³/mol. The molecule has 7 nitrogen and oxygen atoms in total. The van der Waals surface area contributed by atoms with Crippen molar-refractivity contribution in [3.63, 3.8) is 0 Å². The number of H-pyrrole nitrogens is 1. The lowest BCUT2D eigenvalue weighted by atomic mass is 10.0. The summed E-state index contributed by atoms with van der Waals surface area (Å²) < 4.78 is 24.3. The molecule has 3 aromatic heterocycles. The van der Waals surface area contributed by atoms with Gasteiger partial charge in [0.15, 0.2) is 0 Å². The molecule has 1 N–H and O–H groups in total. The molecule has 0 unspecified atom stereocenters. The number of aromatic amines is 1. The summed E-state index contributed by atoms with van der Waals surface area (Å²) in [5.74, 6) is 1.22. The number of nitrogens with zero attached hydrogens (tertiary/aromatic N) is 3. The number of benzene rings is 1. The van der Waals surface area contributed by atoms with Gasteiger partial charge in [0, 0.05) is 64.4 Å². The fourth-order valence-electron chi connectivity index (χ4n) is 3.31. The Kier molecular flexibility index (Phi) is 4.95. The van der Waals surface area contributed by atoms with Crippen LogP contribution in [0.1, 0.15) is 5.69 Å². The van der Waals surface area contributed by atoms with Crippen LogP contribution in [0.5, 0.6) is 11.5 Å². The molecule has 0 bridgehead atoms. The van der Waals surface area contributed by atoms with Crippen LogP contribution >= 0.6 is 0 Å². The molecule has 0 aliphatic rings. The minimum Gasteiger partial charge on any atom is -0.455 e. The number of hydrogen-bond acceptors (Lipinski definition) is 5. The molecular formula is C22H22N4O3S. The van der Waals surface area contributed by atoms with Crippen LogP contribution in [-0.4, -0.2) is 31.3 Å². The maximum atomic E-state index is 12.5. The van der Waals surface area contributed by atoms with Crippen LogP contribution in [0.2, 0.25) is 0 Å². The molecule has 0 saturated heterocycles. The molecule has 0 radical (unpaired) electrons. The van der Waals surface area contributed by atoms with Crippen molar-refractivity contribution in [3.8, 4) is 22.6 Å². The monoisotopic (exact) mass is 422 g/mol. The van der Waals surface area contributed by atoms with Gasteiger partial charge in [0.1, 0.15) is 17.0 Å². The van der Waals surface area contributed by atoms with Gasteiger partial charge in [0.05, 0.1) is 11.4 Å². The van der Waals surface area contributed by atoms with Crippen LogP contribution in [-0.2, 0) is 16.8 Å². The summed E-state index contributed by atoms with van der Waals surface area (Å²) in [6.07, 6.45) is 8.40. The average molecular weight is 423 g/mol. The first-order valence-electron chi connectivity index (χ1n) is 9.31. The summed E-state index contributed by atoms with van der Waals surface area (Å²) in [7, 11) is -0.633. The molecule has 0 fully saturated rings. The van der Waals surface area contributed by atoms with Crippen molar-refractivity contribution in [3.05, 3.63) is 71.0 Å². The van der Waals surface area contributed by atoms with Crippen LogP contribution in [0, 0.1) is 6.92 Å². The number of hydrogen-bond donors (Lipinski definition) is 1. The second-order valence-electron chi connectivity index (χ2n) is 7.37. The number of nitrogens with one attached hydrogen (secondary N) is 1. The van der Waals surface area contributed by atoms with Crippen molar-refractivity contribution in [2.75, 3.05) is 12.5 Å². The molecule has 0 aliphatic carbocycles.